The number of esters is 1. The van der Waals surface area contributed by atoms with Gasteiger partial charge in [0.1, 0.15) is 10.9 Å². The highest BCUT2D eigenvalue weighted by molar-refractivity contribution is 7.89. The highest BCUT2D eigenvalue weighted by Gasteiger charge is 2.34. The van der Waals surface area contributed by atoms with Crippen LogP contribution in [0.25, 0.3) is 0 Å². The van der Waals surface area contributed by atoms with Gasteiger partial charge in [0, 0.05) is 0 Å². The van der Waals surface area contributed by atoms with Crippen LogP contribution in [0, 0.1) is 5.92 Å². The second-order valence-electron chi connectivity index (χ2n) is 5.01. The number of methoxy groups -OCH3 is 1. The fourth-order valence-corrected chi connectivity index (χ4v) is 3.56. The van der Waals surface area contributed by atoms with Gasteiger partial charge in [-0.1, -0.05) is 25.4 Å². The molecule has 0 bridgehead atoms. The molecular weight excluding hydrogens is 359 g/mol. The summed E-state index contributed by atoms with van der Waals surface area (Å²) in [6, 6.07) is 0.665. The topological polar surface area (TPSA) is 72.5 Å². The number of nitrogens with one attached hydrogen (secondary N) is 1. The molecule has 1 aromatic rings. The van der Waals surface area contributed by atoms with Gasteiger partial charge in [-0.2, -0.15) is 17.9 Å². The molecule has 0 amide bonds. The van der Waals surface area contributed by atoms with E-state index in [4.69, 9.17) is 11.6 Å². The molecule has 0 aliphatic heterocycles. The molecule has 0 radical (unpaired) electrons. The Morgan fingerprint density at radius 1 is 1.30 bits per heavy atom. The predicted molar refractivity (Wildman–Crippen MR) is 77.4 cm³/mol. The molecule has 1 rings (SSSR count). The van der Waals surface area contributed by atoms with Crippen molar-refractivity contribution < 1.29 is 31.1 Å². The number of ether oxygens (including phenoxy) is 1. The fourth-order valence-electron chi connectivity index (χ4n) is 1.70. The van der Waals surface area contributed by atoms with Crippen molar-refractivity contribution >= 4 is 27.6 Å². The minimum atomic E-state index is -4.73. The monoisotopic (exact) mass is 373 g/mol. The molecule has 0 fully saturated rings. The van der Waals surface area contributed by atoms with Crippen LogP contribution in [0.1, 0.15) is 19.4 Å². The largest absolute Gasteiger partial charge is 0.468 e. The Hall–Kier alpha value is -1.32. The van der Waals surface area contributed by atoms with Crippen LogP contribution in [0.3, 0.4) is 0 Å². The first kappa shape index (κ1) is 19.7. The van der Waals surface area contributed by atoms with E-state index >= 15 is 0 Å². The van der Waals surface area contributed by atoms with Crippen LogP contribution in [-0.2, 0) is 25.7 Å². The molecule has 23 heavy (non-hydrogen) atoms. The molecule has 1 aromatic carbocycles. The van der Waals surface area contributed by atoms with Gasteiger partial charge in [0.2, 0.25) is 10.0 Å². The minimum absolute atomic E-state index is 0.391. The number of hydrogen-bond acceptors (Lipinski definition) is 4. The van der Waals surface area contributed by atoms with E-state index in [-0.39, 0.29) is 0 Å². The summed E-state index contributed by atoms with van der Waals surface area (Å²) in [5.74, 6) is -1.34. The Morgan fingerprint density at radius 3 is 2.30 bits per heavy atom. The van der Waals surface area contributed by atoms with Gasteiger partial charge < -0.3 is 4.74 Å². The molecule has 0 aliphatic carbocycles. The fraction of sp³-hybridized carbons (Fsp3) is 0.462. The second-order valence-corrected chi connectivity index (χ2v) is 7.10. The zero-order valence-corrected chi connectivity index (χ0v) is 14.0. The van der Waals surface area contributed by atoms with Gasteiger partial charge >= 0.3 is 12.1 Å². The standard InChI is InChI=1S/C13H15ClF3NO4S/c1-7(2)11(12(19)22-3)18-23(20,21)10-6-8(13(15,16)17)4-5-9(10)14/h4-7,11,18H,1-3H3. The van der Waals surface area contributed by atoms with Crippen LogP contribution in [-0.4, -0.2) is 27.5 Å². The van der Waals surface area contributed by atoms with E-state index in [9.17, 15) is 26.4 Å². The summed E-state index contributed by atoms with van der Waals surface area (Å²) < 4.78 is 69.3. The lowest BCUT2D eigenvalue weighted by atomic mass is 10.1. The first-order valence-corrected chi connectivity index (χ1v) is 8.23. The second kappa shape index (κ2) is 7.06. The van der Waals surface area contributed by atoms with E-state index in [1.54, 1.807) is 13.8 Å². The molecule has 0 saturated heterocycles. The molecule has 0 spiro atoms. The number of rotatable bonds is 5. The number of hydrogen-bond donors (Lipinski definition) is 1. The summed E-state index contributed by atoms with van der Waals surface area (Å²) in [6.45, 7) is 3.11. The SMILES string of the molecule is COC(=O)C(NS(=O)(=O)c1cc(C(F)(F)F)ccc1Cl)C(C)C. The van der Waals surface area contributed by atoms with Crippen molar-refractivity contribution in [2.75, 3.05) is 7.11 Å². The van der Waals surface area contributed by atoms with Gasteiger partial charge in [0.05, 0.1) is 17.7 Å². The molecule has 5 nitrogen and oxygen atoms in total. The molecule has 0 saturated carbocycles. The van der Waals surface area contributed by atoms with Gasteiger partial charge in [-0.3, -0.25) is 4.79 Å². The normalized spacial score (nSPS) is 13.9. The number of carbonyl (C=O) groups is 1. The first-order valence-electron chi connectivity index (χ1n) is 6.37. The molecule has 1 atom stereocenters. The average molecular weight is 374 g/mol. The summed E-state index contributed by atoms with van der Waals surface area (Å²) in [5.41, 5.74) is -1.17. The van der Waals surface area contributed by atoms with Gasteiger partial charge in [-0.15, -0.1) is 0 Å². The maximum Gasteiger partial charge on any atom is 0.416 e. The summed E-state index contributed by atoms with van der Waals surface area (Å²) in [5, 5.41) is -0.391. The predicted octanol–water partition coefficient (Wildman–Crippen LogP) is 2.83. The number of alkyl halides is 3. The first-order chi connectivity index (χ1) is 10.4. The van der Waals surface area contributed by atoms with Crippen LogP contribution in [0.2, 0.25) is 5.02 Å². The van der Waals surface area contributed by atoms with Crippen molar-refractivity contribution in [3.8, 4) is 0 Å². The van der Waals surface area contributed by atoms with E-state index in [0.29, 0.717) is 12.1 Å². The Morgan fingerprint density at radius 2 is 1.87 bits per heavy atom. The molecule has 1 N–H and O–H groups in total. The Kier molecular flexibility index (Phi) is 6.06. The molecule has 10 heteroatoms. The zero-order valence-electron chi connectivity index (χ0n) is 12.4. The van der Waals surface area contributed by atoms with Crippen molar-refractivity contribution in [3.63, 3.8) is 0 Å². The van der Waals surface area contributed by atoms with Crippen LogP contribution in [0.5, 0.6) is 0 Å². The third kappa shape index (κ3) is 4.82. The number of sulfonamides is 1. The lowest BCUT2D eigenvalue weighted by Crippen LogP contribution is -2.45. The van der Waals surface area contributed by atoms with E-state index < -0.39 is 49.6 Å². The van der Waals surface area contributed by atoms with Crippen molar-refractivity contribution in [2.24, 2.45) is 5.92 Å². The molecule has 130 valence electrons. The van der Waals surface area contributed by atoms with Gasteiger partial charge in [0.15, 0.2) is 0 Å². The van der Waals surface area contributed by atoms with Crippen molar-refractivity contribution in [2.45, 2.75) is 31.0 Å². The number of halogens is 4. The van der Waals surface area contributed by atoms with Gasteiger partial charge in [0.25, 0.3) is 0 Å². The van der Waals surface area contributed by atoms with Crippen LogP contribution in [0.4, 0.5) is 13.2 Å². The Bertz CT molecular complexity index is 689. The number of carbonyl (C=O) groups excluding carboxylic acids is 1. The molecule has 0 aliphatic rings. The molecule has 0 heterocycles. The van der Waals surface area contributed by atoms with Crippen molar-refractivity contribution in [3.05, 3.63) is 28.8 Å². The third-order valence-electron chi connectivity index (χ3n) is 2.95. The van der Waals surface area contributed by atoms with Crippen LogP contribution in [0.15, 0.2) is 23.1 Å². The molecular formula is C13H15ClF3NO4S. The van der Waals surface area contributed by atoms with Crippen molar-refractivity contribution in [1.82, 2.24) is 4.72 Å². The summed E-state index contributed by atoms with van der Waals surface area (Å²) in [6.07, 6.45) is -4.73. The Labute approximate surface area is 136 Å². The zero-order chi connectivity index (χ0) is 18.0. The van der Waals surface area contributed by atoms with E-state index in [2.05, 4.69) is 4.74 Å². The molecule has 1 unspecified atom stereocenters. The quantitative estimate of drug-likeness (QED) is 0.805. The van der Waals surface area contributed by atoms with E-state index in [0.717, 1.165) is 13.2 Å². The maximum absolute atomic E-state index is 12.7. The van der Waals surface area contributed by atoms with Gasteiger partial charge in [-0.05, 0) is 24.1 Å². The maximum atomic E-state index is 12.7. The van der Waals surface area contributed by atoms with Crippen LogP contribution >= 0.6 is 11.6 Å². The summed E-state index contributed by atoms with van der Waals surface area (Å²) >= 11 is 5.70. The van der Waals surface area contributed by atoms with Crippen LogP contribution < -0.4 is 4.72 Å². The average Bonchev–Trinajstić information content (AvgIpc) is 2.42. The highest BCUT2D eigenvalue weighted by Crippen LogP contribution is 2.33. The van der Waals surface area contributed by atoms with Gasteiger partial charge in [-0.25, -0.2) is 8.42 Å². The summed E-state index contributed by atoms with van der Waals surface area (Å²) in [7, 11) is -3.38. The van der Waals surface area contributed by atoms with Crippen molar-refractivity contribution in [1.29, 1.82) is 0 Å². The highest BCUT2D eigenvalue weighted by atomic mass is 35.5. The van der Waals surface area contributed by atoms with E-state index in [1.807, 2.05) is 4.72 Å². The third-order valence-corrected chi connectivity index (χ3v) is 4.87. The Balaban J connectivity index is 3.30. The molecule has 0 aromatic heterocycles. The smallest absolute Gasteiger partial charge is 0.416 e. The lowest BCUT2D eigenvalue weighted by molar-refractivity contribution is -0.143. The number of benzene rings is 1. The van der Waals surface area contributed by atoms with E-state index in [1.165, 1.54) is 0 Å². The minimum Gasteiger partial charge on any atom is -0.468 e. The summed E-state index contributed by atoms with van der Waals surface area (Å²) in [4.78, 5) is 10.9. The lowest BCUT2D eigenvalue weighted by Gasteiger charge is -2.20.